The molecule has 0 aromatic heterocycles. The number of fused-ring (bicyclic) bond motifs is 1. The molecule has 2 amide bonds. The number of nitrogens with one attached hydrogen (secondary N) is 2. The van der Waals surface area contributed by atoms with E-state index < -0.39 is 10.0 Å². The quantitative estimate of drug-likeness (QED) is 0.617. The number of carbonyl (C=O) groups is 2. The number of sulfonamides is 1. The summed E-state index contributed by atoms with van der Waals surface area (Å²) in [4.78, 5) is 27.8. The zero-order chi connectivity index (χ0) is 25.3. The van der Waals surface area contributed by atoms with Crippen LogP contribution in [0.25, 0.3) is 0 Å². The molecule has 3 rings (SSSR count). The fraction of sp³-hybridized carbons (Fsp3) is 0.692. The predicted octanol–water partition coefficient (Wildman–Crippen LogP) is 3.27. The lowest BCUT2D eigenvalue weighted by Gasteiger charge is -2.28. The summed E-state index contributed by atoms with van der Waals surface area (Å²) in [5.41, 5.74) is 2.24. The van der Waals surface area contributed by atoms with Crippen molar-refractivity contribution in [2.75, 3.05) is 43.4 Å². The monoisotopic (exact) mass is 506 g/mol. The van der Waals surface area contributed by atoms with Crippen LogP contribution in [0.5, 0.6) is 0 Å². The molecular weight excluding hydrogens is 464 g/mol. The van der Waals surface area contributed by atoms with Gasteiger partial charge in [0, 0.05) is 49.9 Å². The van der Waals surface area contributed by atoms with Crippen LogP contribution in [0.4, 0.5) is 5.69 Å². The molecule has 0 unspecified atom stereocenters. The first-order valence-corrected chi connectivity index (χ1v) is 14.8. The van der Waals surface area contributed by atoms with Crippen molar-refractivity contribution in [2.24, 2.45) is 5.92 Å². The molecule has 1 fully saturated rings. The summed E-state index contributed by atoms with van der Waals surface area (Å²) in [6, 6.07) is 5.44. The number of carbonyl (C=O) groups excluding carboxylic acids is 2. The van der Waals surface area contributed by atoms with E-state index in [4.69, 9.17) is 0 Å². The Morgan fingerprint density at radius 2 is 1.63 bits per heavy atom. The van der Waals surface area contributed by atoms with Gasteiger partial charge in [-0.15, -0.1) is 0 Å². The first kappa shape index (κ1) is 27.6. The van der Waals surface area contributed by atoms with E-state index in [0.717, 1.165) is 56.3 Å². The number of anilines is 1. The molecule has 35 heavy (non-hydrogen) atoms. The largest absolute Gasteiger partial charge is 0.351 e. The van der Waals surface area contributed by atoms with Crippen LogP contribution in [0.1, 0.15) is 81.1 Å². The molecule has 0 saturated carbocycles. The Morgan fingerprint density at radius 1 is 0.971 bits per heavy atom. The van der Waals surface area contributed by atoms with Gasteiger partial charge in [0.25, 0.3) is 5.91 Å². The molecule has 1 aromatic carbocycles. The lowest BCUT2D eigenvalue weighted by molar-refractivity contribution is -0.121. The van der Waals surface area contributed by atoms with E-state index in [1.54, 1.807) is 6.07 Å². The number of benzene rings is 1. The molecule has 0 spiro atoms. The van der Waals surface area contributed by atoms with Gasteiger partial charge in [-0.05, 0) is 56.0 Å². The van der Waals surface area contributed by atoms with Gasteiger partial charge < -0.3 is 15.5 Å². The van der Waals surface area contributed by atoms with Crippen LogP contribution in [-0.4, -0.2) is 63.0 Å². The number of hydrogen-bond donors (Lipinski definition) is 2. The van der Waals surface area contributed by atoms with Crippen molar-refractivity contribution in [3.05, 3.63) is 29.3 Å². The third-order valence-electron chi connectivity index (χ3n) is 6.80. The number of hydrogen-bond acceptors (Lipinski definition) is 5. The molecule has 1 saturated heterocycles. The Kier molecular flexibility index (Phi) is 10.5. The molecule has 0 aliphatic carbocycles. The maximum Gasteiger partial charge on any atom is 0.251 e. The molecule has 2 N–H and O–H groups in total. The van der Waals surface area contributed by atoms with Crippen LogP contribution in [0, 0.1) is 5.92 Å². The average molecular weight is 507 g/mol. The van der Waals surface area contributed by atoms with Gasteiger partial charge in [0.1, 0.15) is 0 Å². The fourth-order valence-electron chi connectivity index (χ4n) is 4.73. The summed E-state index contributed by atoms with van der Waals surface area (Å²) >= 11 is 0. The first-order chi connectivity index (χ1) is 16.8. The van der Waals surface area contributed by atoms with Crippen molar-refractivity contribution in [3.8, 4) is 0 Å². The first-order valence-electron chi connectivity index (χ1n) is 13.2. The number of rotatable bonds is 6. The third kappa shape index (κ3) is 8.02. The summed E-state index contributed by atoms with van der Waals surface area (Å²) in [6.45, 7) is 7.17. The van der Waals surface area contributed by atoms with E-state index >= 15 is 0 Å². The SMILES string of the molecule is CC(C)C(=O)N1CCCCCCCNCc2cc(C(=O)NCCS(=O)(=O)N3CCCCC3)ccc21. The average Bonchev–Trinajstić information content (AvgIpc) is 2.84. The Balaban J connectivity index is 1.72. The second-order valence-corrected chi connectivity index (χ2v) is 12.1. The summed E-state index contributed by atoms with van der Waals surface area (Å²) < 4.78 is 26.7. The minimum absolute atomic E-state index is 0.0744. The maximum absolute atomic E-state index is 13.0. The Morgan fingerprint density at radius 3 is 2.37 bits per heavy atom. The van der Waals surface area contributed by atoms with Gasteiger partial charge in [-0.1, -0.05) is 39.5 Å². The molecule has 9 heteroatoms. The molecule has 2 aliphatic rings. The second-order valence-electron chi connectivity index (χ2n) is 9.96. The smallest absolute Gasteiger partial charge is 0.251 e. The van der Waals surface area contributed by atoms with Crippen molar-refractivity contribution in [3.63, 3.8) is 0 Å². The fourth-order valence-corrected chi connectivity index (χ4v) is 6.17. The zero-order valence-electron chi connectivity index (χ0n) is 21.4. The predicted molar refractivity (Wildman–Crippen MR) is 140 cm³/mol. The van der Waals surface area contributed by atoms with Gasteiger partial charge in [-0.3, -0.25) is 9.59 Å². The minimum atomic E-state index is -3.36. The summed E-state index contributed by atoms with van der Waals surface area (Å²) in [5.74, 6) is -0.423. The Hall–Kier alpha value is -1.97. The molecule has 0 radical (unpaired) electrons. The lowest BCUT2D eigenvalue weighted by Crippen LogP contribution is -2.40. The van der Waals surface area contributed by atoms with E-state index in [1.165, 1.54) is 17.1 Å². The van der Waals surface area contributed by atoms with Crippen LogP contribution < -0.4 is 15.5 Å². The van der Waals surface area contributed by atoms with Crippen LogP contribution in [-0.2, 0) is 21.4 Å². The minimum Gasteiger partial charge on any atom is -0.351 e. The Bertz CT molecular complexity index is 958. The highest BCUT2D eigenvalue weighted by Crippen LogP contribution is 2.25. The normalized spacial score (nSPS) is 18.9. The van der Waals surface area contributed by atoms with Gasteiger partial charge >= 0.3 is 0 Å². The van der Waals surface area contributed by atoms with Crippen LogP contribution in [0.15, 0.2) is 18.2 Å². The number of piperidine rings is 1. The van der Waals surface area contributed by atoms with Gasteiger partial charge in [0.2, 0.25) is 15.9 Å². The van der Waals surface area contributed by atoms with Crippen LogP contribution >= 0.6 is 0 Å². The highest BCUT2D eigenvalue weighted by Gasteiger charge is 2.25. The Labute approximate surface area is 210 Å². The molecule has 2 heterocycles. The third-order valence-corrected chi connectivity index (χ3v) is 8.67. The van der Waals surface area contributed by atoms with Crippen molar-refractivity contribution in [2.45, 2.75) is 71.8 Å². The van der Waals surface area contributed by atoms with Crippen molar-refractivity contribution in [1.29, 1.82) is 0 Å². The summed E-state index contributed by atoms with van der Waals surface area (Å²) in [6.07, 6.45) is 8.35. The molecule has 0 atom stereocenters. The maximum atomic E-state index is 13.0. The van der Waals surface area contributed by atoms with Gasteiger partial charge in [0.15, 0.2) is 0 Å². The van der Waals surface area contributed by atoms with Crippen LogP contribution in [0.2, 0.25) is 0 Å². The van der Waals surface area contributed by atoms with E-state index in [2.05, 4.69) is 10.6 Å². The van der Waals surface area contributed by atoms with Gasteiger partial charge in [-0.2, -0.15) is 0 Å². The molecule has 0 bridgehead atoms. The zero-order valence-corrected chi connectivity index (χ0v) is 22.2. The topological polar surface area (TPSA) is 98.8 Å². The highest BCUT2D eigenvalue weighted by atomic mass is 32.2. The van der Waals surface area contributed by atoms with Crippen molar-refractivity contribution in [1.82, 2.24) is 14.9 Å². The summed E-state index contributed by atoms with van der Waals surface area (Å²) in [5, 5.41) is 6.24. The van der Waals surface area contributed by atoms with E-state index in [1.807, 2.05) is 30.9 Å². The van der Waals surface area contributed by atoms with E-state index in [0.29, 0.717) is 31.7 Å². The molecule has 2 aliphatic heterocycles. The number of nitrogens with zero attached hydrogens (tertiary/aromatic N) is 2. The van der Waals surface area contributed by atoms with Crippen LogP contribution in [0.3, 0.4) is 0 Å². The molecule has 8 nitrogen and oxygen atoms in total. The lowest BCUT2D eigenvalue weighted by atomic mass is 10.0. The number of amides is 2. The molecule has 196 valence electrons. The van der Waals surface area contributed by atoms with Gasteiger partial charge in [-0.25, -0.2) is 12.7 Å². The van der Waals surface area contributed by atoms with Crippen molar-refractivity contribution >= 4 is 27.5 Å². The van der Waals surface area contributed by atoms with E-state index in [-0.39, 0.29) is 30.0 Å². The summed E-state index contributed by atoms with van der Waals surface area (Å²) in [7, 11) is -3.36. The molecule has 1 aromatic rings. The van der Waals surface area contributed by atoms with E-state index in [9.17, 15) is 18.0 Å². The van der Waals surface area contributed by atoms with Gasteiger partial charge in [0.05, 0.1) is 5.75 Å². The van der Waals surface area contributed by atoms with Crippen molar-refractivity contribution < 1.29 is 18.0 Å². The second kappa shape index (κ2) is 13.4. The highest BCUT2D eigenvalue weighted by molar-refractivity contribution is 7.89. The molecular formula is C26H42N4O4S. The standard InChI is InChI=1S/C26H42N4O4S/c1-21(2)26(32)30-17-10-5-3-4-7-13-27-20-23-19-22(11-12-24(23)30)25(31)28-14-18-35(33,34)29-15-8-6-9-16-29/h11-12,19,21,27H,3-10,13-18,20H2,1-2H3,(H,28,31).